The van der Waals surface area contributed by atoms with Gasteiger partial charge < -0.3 is 10.4 Å². The summed E-state index contributed by atoms with van der Waals surface area (Å²) < 4.78 is 26.9. The molecule has 0 amide bonds. The van der Waals surface area contributed by atoms with Crippen LogP contribution in [0.1, 0.15) is 25.8 Å². The largest absolute Gasteiger partial charge is 0.505 e. The number of aryl methyl sites for hydroxylation is 1. The number of nitrogens with one attached hydrogen (secondary N) is 1. The number of aromatic nitrogens is 2. The number of hydrogen-bond acceptors (Lipinski definition) is 7. The SMILES string of the molecule is CC(C)CCn1nc(-c2cccs2)c(O)c(C2=CS(=O)(=O)c3ccccc3N2)c1=O. The molecule has 0 saturated carbocycles. The number of para-hydroxylation sites is 1. The normalized spacial score (nSPS) is 14.8. The Labute approximate surface area is 178 Å². The maximum Gasteiger partial charge on any atom is 0.279 e. The first-order valence-corrected chi connectivity index (χ1v) is 11.9. The highest BCUT2D eigenvalue weighted by molar-refractivity contribution is 7.94. The Morgan fingerprint density at radius 3 is 2.67 bits per heavy atom. The van der Waals surface area contributed by atoms with E-state index >= 15 is 0 Å². The van der Waals surface area contributed by atoms with E-state index in [9.17, 15) is 18.3 Å². The van der Waals surface area contributed by atoms with E-state index in [2.05, 4.69) is 10.4 Å². The molecule has 30 heavy (non-hydrogen) atoms. The summed E-state index contributed by atoms with van der Waals surface area (Å²) in [5.74, 6) is 0.0111. The summed E-state index contributed by atoms with van der Waals surface area (Å²) >= 11 is 1.38. The van der Waals surface area contributed by atoms with Crippen LogP contribution in [0.15, 0.2) is 56.9 Å². The van der Waals surface area contributed by atoms with E-state index in [-0.39, 0.29) is 27.6 Å². The maximum absolute atomic E-state index is 13.2. The monoisotopic (exact) mass is 443 g/mol. The summed E-state index contributed by atoms with van der Waals surface area (Å²) in [6.45, 7) is 4.45. The van der Waals surface area contributed by atoms with Crippen LogP contribution in [0.25, 0.3) is 16.3 Å². The zero-order valence-corrected chi connectivity index (χ0v) is 18.1. The Hall–Kier alpha value is -2.91. The van der Waals surface area contributed by atoms with Gasteiger partial charge in [-0.3, -0.25) is 4.79 Å². The molecule has 3 heterocycles. The van der Waals surface area contributed by atoms with Crippen molar-refractivity contribution in [2.24, 2.45) is 5.92 Å². The van der Waals surface area contributed by atoms with Crippen molar-refractivity contribution in [3.05, 3.63) is 63.1 Å². The minimum absolute atomic E-state index is 0.0368. The van der Waals surface area contributed by atoms with Gasteiger partial charge in [0.25, 0.3) is 5.56 Å². The van der Waals surface area contributed by atoms with Gasteiger partial charge in [0.2, 0.25) is 9.84 Å². The predicted octanol–water partition coefficient (Wildman–Crippen LogP) is 3.92. The van der Waals surface area contributed by atoms with Crippen LogP contribution in [0.3, 0.4) is 0 Å². The van der Waals surface area contributed by atoms with Gasteiger partial charge in [0.05, 0.1) is 26.6 Å². The van der Waals surface area contributed by atoms with E-state index in [1.54, 1.807) is 24.3 Å². The molecule has 4 rings (SSSR count). The van der Waals surface area contributed by atoms with Crippen molar-refractivity contribution in [1.29, 1.82) is 0 Å². The Kier molecular flexibility index (Phi) is 5.25. The van der Waals surface area contributed by atoms with Crippen molar-refractivity contribution in [1.82, 2.24) is 9.78 Å². The fourth-order valence-electron chi connectivity index (χ4n) is 3.25. The Morgan fingerprint density at radius 2 is 1.97 bits per heavy atom. The van der Waals surface area contributed by atoms with Crippen LogP contribution in [-0.4, -0.2) is 23.3 Å². The molecule has 156 valence electrons. The Balaban J connectivity index is 1.93. The third-order valence-corrected chi connectivity index (χ3v) is 7.20. The second-order valence-electron chi connectivity index (χ2n) is 7.46. The molecular weight excluding hydrogens is 422 g/mol. The molecule has 0 saturated heterocycles. The number of anilines is 1. The highest BCUT2D eigenvalue weighted by atomic mass is 32.2. The molecule has 0 aliphatic carbocycles. The van der Waals surface area contributed by atoms with Crippen LogP contribution < -0.4 is 10.9 Å². The van der Waals surface area contributed by atoms with Gasteiger partial charge in [-0.2, -0.15) is 5.10 Å². The van der Waals surface area contributed by atoms with Crippen LogP contribution in [0.5, 0.6) is 5.75 Å². The van der Waals surface area contributed by atoms with E-state index < -0.39 is 15.4 Å². The second-order valence-corrected chi connectivity index (χ2v) is 10.2. The van der Waals surface area contributed by atoms with Crippen LogP contribution in [0.2, 0.25) is 0 Å². The lowest BCUT2D eigenvalue weighted by molar-refractivity contribution is 0.443. The van der Waals surface area contributed by atoms with Crippen LogP contribution in [0, 0.1) is 5.92 Å². The first-order chi connectivity index (χ1) is 14.3. The molecule has 2 N–H and O–H groups in total. The van der Waals surface area contributed by atoms with Gasteiger partial charge >= 0.3 is 0 Å². The molecule has 3 aromatic rings. The smallest absolute Gasteiger partial charge is 0.279 e. The predicted molar refractivity (Wildman–Crippen MR) is 118 cm³/mol. The molecule has 1 aromatic carbocycles. The van der Waals surface area contributed by atoms with Gasteiger partial charge in [-0.05, 0) is 35.9 Å². The number of nitrogens with zero attached hydrogens (tertiary/aromatic N) is 2. The van der Waals surface area contributed by atoms with E-state index in [4.69, 9.17) is 0 Å². The first-order valence-electron chi connectivity index (χ1n) is 9.49. The lowest BCUT2D eigenvalue weighted by Crippen LogP contribution is -2.29. The van der Waals surface area contributed by atoms with Gasteiger partial charge in [0.15, 0.2) is 5.75 Å². The fourth-order valence-corrected chi connectivity index (χ4v) is 5.27. The van der Waals surface area contributed by atoms with E-state index in [1.807, 2.05) is 25.3 Å². The lowest BCUT2D eigenvalue weighted by atomic mass is 10.1. The van der Waals surface area contributed by atoms with Crippen molar-refractivity contribution in [3.8, 4) is 16.3 Å². The molecule has 0 unspecified atom stereocenters. The Morgan fingerprint density at radius 1 is 1.20 bits per heavy atom. The Bertz CT molecular complexity index is 1290. The number of fused-ring (bicyclic) bond motifs is 1. The van der Waals surface area contributed by atoms with Crippen LogP contribution in [-0.2, 0) is 16.4 Å². The molecule has 0 fully saturated rings. The summed E-state index contributed by atoms with van der Waals surface area (Å²) in [6.07, 6.45) is 0.717. The molecule has 2 aromatic heterocycles. The number of hydrogen-bond donors (Lipinski definition) is 2. The highest BCUT2D eigenvalue weighted by Crippen LogP contribution is 2.38. The molecule has 0 bridgehead atoms. The third-order valence-electron chi connectivity index (χ3n) is 4.81. The topological polar surface area (TPSA) is 101 Å². The minimum Gasteiger partial charge on any atom is -0.505 e. The molecule has 0 radical (unpaired) electrons. The minimum atomic E-state index is -3.78. The van der Waals surface area contributed by atoms with Crippen molar-refractivity contribution < 1.29 is 13.5 Å². The highest BCUT2D eigenvalue weighted by Gasteiger charge is 2.29. The van der Waals surface area contributed by atoms with E-state index in [0.717, 1.165) is 5.41 Å². The summed E-state index contributed by atoms with van der Waals surface area (Å²) in [7, 11) is -3.78. The third kappa shape index (κ3) is 3.66. The van der Waals surface area contributed by atoms with E-state index in [1.165, 1.54) is 22.1 Å². The first kappa shape index (κ1) is 20.4. The van der Waals surface area contributed by atoms with Crippen molar-refractivity contribution in [3.63, 3.8) is 0 Å². The number of benzene rings is 1. The fraction of sp³-hybridized carbons (Fsp3) is 0.238. The van der Waals surface area contributed by atoms with Crippen molar-refractivity contribution in [2.45, 2.75) is 31.7 Å². The molecule has 1 aliphatic heterocycles. The number of thiophene rings is 1. The summed E-state index contributed by atoms with van der Waals surface area (Å²) in [6, 6.07) is 10.1. The zero-order chi connectivity index (χ0) is 21.5. The van der Waals surface area contributed by atoms with Gasteiger partial charge in [0, 0.05) is 6.54 Å². The molecule has 7 nitrogen and oxygen atoms in total. The number of aromatic hydroxyl groups is 1. The second kappa shape index (κ2) is 7.73. The summed E-state index contributed by atoms with van der Waals surface area (Å²) in [5.41, 5.74) is 0.00561. The van der Waals surface area contributed by atoms with Gasteiger partial charge in [-0.1, -0.05) is 32.0 Å². The lowest BCUT2D eigenvalue weighted by Gasteiger charge is -2.21. The average Bonchev–Trinajstić information content (AvgIpc) is 3.21. The van der Waals surface area contributed by atoms with Crippen LogP contribution >= 0.6 is 11.3 Å². The molecule has 0 spiro atoms. The summed E-state index contributed by atoms with van der Waals surface area (Å²) in [4.78, 5) is 14.0. The van der Waals surface area contributed by atoms with Gasteiger partial charge in [-0.15, -0.1) is 11.3 Å². The average molecular weight is 444 g/mol. The van der Waals surface area contributed by atoms with Crippen LogP contribution in [0.4, 0.5) is 5.69 Å². The standard InChI is InChI=1S/C21H21N3O4S2/c1-13(2)9-10-24-21(26)18(20(25)19(23-24)16-7-5-11-29-16)15-12-30(27,28)17-8-4-3-6-14(17)22-15/h3-8,11-13,22,25H,9-10H2,1-2H3. The van der Waals surface area contributed by atoms with E-state index in [0.29, 0.717) is 29.4 Å². The number of rotatable bonds is 5. The quantitative estimate of drug-likeness (QED) is 0.620. The number of sulfone groups is 1. The maximum atomic E-state index is 13.2. The van der Waals surface area contributed by atoms with Crippen molar-refractivity contribution >= 4 is 32.6 Å². The molecule has 0 atom stereocenters. The molecule has 1 aliphatic rings. The van der Waals surface area contributed by atoms with Gasteiger partial charge in [-0.25, -0.2) is 13.1 Å². The molecule has 9 heteroatoms. The summed E-state index contributed by atoms with van der Waals surface area (Å²) in [5, 5.41) is 21.2. The zero-order valence-electron chi connectivity index (χ0n) is 16.5. The molecular formula is C21H21N3O4S2. The van der Waals surface area contributed by atoms with Gasteiger partial charge in [0.1, 0.15) is 11.3 Å². The van der Waals surface area contributed by atoms with Crippen molar-refractivity contribution in [2.75, 3.05) is 5.32 Å².